The van der Waals surface area contributed by atoms with Crippen molar-refractivity contribution in [3.63, 3.8) is 0 Å². The molecule has 0 aliphatic carbocycles. The van der Waals surface area contributed by atoms with Gasteiger partial charge in [0, 0.05) is 5.56 Å². The summed E-state index contributed by atoms with van der Waals surface area (Å²) in [6.45, 7) is 2.12. The minimum atomic E-state index is -0.688. The summed E-state index contributed by atoms with van der Waals surface area (Å²) in [4.78, 5) is 22.1. The summed E-state index contributed by atoms with van der Waals surface area (Å²) in [5.74, 6) is -1.31. The number of furan rings is 1. The van der Waals surface area contributed by atoms with Crippen LogP contribution in [0.15, 0.2) is 10.5 Å². The summed E-state index contributed by atoms with van der Waals surface area (Å²) >= 11 is 0. The lowest BCUT2D eigenvalue weighted by atomic mass is 10.1. The van der Waals surface area contributed by atoms with Gasteiger partial charge in [-0.1, -0.05) is 26.2 Å². The summed E-state index contributed by atoms with van der Waals surface area (Å²) in [6, 6.07) is 1.51. The van der Waals surface area contributed by atoms with Crippen molar-refractivity contribution in [3.8, 4) is 0 Å². The summed E-state index contributed by atoms with van der Waals surface area (Å²) in [5, 5.41) is 0. The fraction of sp³-hybridized carbons (Fsp3) is 0.500. The maximum atomic E-state index is 11.1. The van der Waals surface area contributed by atoms with Crippen molar-refractivity contribution in [2.24, 2.45) is 11.5 Å². The number of amides is 2. The number of hydrogen-bond donors (Lipinski definition) is 2. The van der Waals surface area contributed by atoms with E-state index in [-0.39, 0.29) is 11.5 Å². The van der Waals surface area contributed by atoms with Crippen LogP contribution < -0.4 is 11.5 Å². The predicted molar refractivity (Wildman–Crippen MR) is 63.6 cm³/mol. The van der Waals surface area contributed by atoms with Gasteiger partial charge in [-0.3, -0.25) is 9.59 Å². The van der Waals surface area contributed by atoms with Gasteiger partial charge >= 0.3 is 0 Å². The Bertz CT molecular complexity index is 410. The van der Waals surface area contributed by atoms with Gasteiger partial charge in [0.2, 0.25) is 0 Å². The molecule has 0 radical (unpaired) electrons. The van der Waals surface area contributed by atoms with Crippen molar-refractivity contribution in [2.45, 2.75) is 39.0 Å². The minimum Gasteiger partial charge on any atom is -0.445 e. The Morgan fingerprint density at radius 3 is 2.41 bits per heavy atom. The van der Waals surface area contributed by atoms with Crippen molar-refractivity contribution in [1.29, 1.82) is 0 Å². The van der Waals surface area contributed by atoms with Gasteiger partial charge in [-0.25, -0.2) is 0 Å². The third kappa shape index (κ3) is 3.62. The molecule has 0 saturated heterocycles. The molecular weight excluding hydrogens is 220 g/mol. The quantitative estimate of drug-likeness (QED) is 0.705. The number of unbranched alkanes of at least 4 members (excludes halogenated alkanes) is 3. The SMILES string of the molecule is CCCCCCc1cc(C(N)=O)oc1C(N)=O. The molecule has 17 heavy (non-hydrogen) atoms. The highest BCUT2D eigenvalue weighted by Crippen LogP contribution is 2.18. The van der Waals surface area contributed by atoms with Gasteiger partial charge in [-0.15, -0.1) is 0 Å². The van der Waals surface area contributed by atoms with Crippen LogP contribution in [0.25, 0.3) is 0 Å². The lowest BCUT2D eigenvalue weighted by Crippen LogP contribution is -2.12. The lowest BCUT2D eigenvalue weighted by Gasteiger charge is -1.99. The molecule has 0 spiro atoms. The number of hydrogen-bond acceptors (Lipinski definition) is 3. The second-order valence-corrected chi connectivity index (χ2v) is 4.00. The smallest absolute Gasteiger partial charge is 0.284 e. The van der Waals surface area contributed by atoms with E-state index in [9.17, 15) is 9.59 Å². The molecule has 1 heterocycles. The highest BCUT2D eigenvalue weighted by molar-refractivity contribution is 5.95. The molecule has 1 rings (SSSR count). The van der Waals surface area contributed by atoms with Crippen molar-refractivity contribution in [1.82, 2.24) is 0 Å². The molecule has 1 aromatic heterocycles. The third-order valence-electron chi connectivity index (χ3n) is 2.58. The zero-order valence-corrected chi connectivity index (χ0v) is 9.99. The average molecular weight is 238 g/mol. The van der Waals surface area contributed by atoms with E-state index in [4.69, 9.17) is 15.9 Å². The van der Waals surface area contributed by atoms with E-state index in [1.165, 1.54) is 6.07 Å². The van der Waals surface area contributed by atoms with Gasteiger partial charge in [0.1, 0.15) is 0 Å². The fourth-order valence-corrected chi connectivity index (χ4v) is 1.69. The van der Waals surface area contributed by atoms with Crippen LogP contribution in [0.2, 0.25) is 0 Å². The Balaban J connectivity index is 2.74. The number of carbonyl (C=O) groups excluding carboxylic acids is 2. The molecular formula is C12H18N2O3. The molecule has 0 aromatic carbocycles. The molecule has 0 unspecified atom stereocenters. The number of nitrogens with two attached hydrogens (primary N) is 2. The molecule has 0 aliphatic rings. The predicted octanol–water partition coefficient (Wildman–Crippen LogP) is 1.60. The van der Waals surface area contributed by atoms with Gasteiger partial charge in [0.05, 0.1) is 0 Å². The molecule has 1 aromatic rings. The number of primary amides is 2. The molecule has 2 amide bonds. The van der Waals surface area contributed by atoms with Gasteiger partial charge in [0.25, 0.3) is 11.8 Å². The van der Waals surface area contributed by atoms with Crippen molar-refractivity contribution < 1.29 is 14.0 Å². The van der Waals surface area contributed by atoms with Crippen molar-refractivity contribution >= 4 is 11.8 Å². The number of carbonyl (C=O) groups is 2. The Labute approximate surface area is 100 Å². The molecule has 5 nitrogen and oxygen atoms in total. The number of aryl methyl sites for hydroxylation is 1. The first kappa shape index (κ1) is 13.3. The molecule has 0 aliphatic heterocycles. The van der Waals surface area contributed by atoms with Crippen LogP contribution in [-0.4, -0.2) is 11.8 Å². The molecule has 0 fully saturated rings. The Hall–Kier alpha value is -1.78. The largest absolute Gasteiger partial charge is 0.445 e. The summed E-state index contributed by atoms with van der Waals surface area (Å²) in [6.07, 6.45) is 4.97. The van der Waals surface area contributed by atoms with Gasteiger partial charge in [-0.05, 0) is 18.9 Å². The van der Waals surface area contributed by atoms with E-state index in [0.29, 0.717) is 12.0 Å². The maximum absolute atomic E-state index is 11.1. The van der Waals surface area contributed by atoms with E-state index in [1.807, 2.05) is 0 Å². The first-order valence-corrected chi connectivity index (χ1v) is 5.78. The van der Waals surface area contributed by atoms with Gasteiger partial charge < -0.3 is 15.9 Å². The van der Waals surface area contributed by atoms with Crippen LogP contribution in [0.1, 0.15) is 59.3 Å². The van der Waals surface area contributed by atoms with Gasteiger partial charge in [0.15, 0.2) is 11.5 Å². The molecule has 5 heteroatoms. The highest BCUT2D eigenvalue weighted by Gasteiger charge is 2.17. The fourth-order valence-electron chi connectivity index (χ4n) is 1.69. The van der Waals surface area contributed by atoms with Crippen LogP contribution >= 0.6 is 0 Å². The first-order chi connectivity index (χ1) is 8.06. The van der Waals surface area contributed by atoms with Crippen LogP contribution in [0.3, 0.4) is 0 Å². The second kappa shape index (κ2) is 6.08. The van der Waals surface area contributed by atoms with Crippen LogP contribution in [-0.2, 0) is 6.42 Å². The lowest BCUT2D eigenvalue weighted by molar-refractivity contribution is 0.0950. The van der Waals surface area contributed by atoms with Crippen molar-refractivity contribution in [3.05, 3.63) is 23.2 Å². The summed E-state index contributed by atoms with van der Waals surface area (Å²) < 4.78 is 5.05. The average Bonchev–Trinajstić information content (AvgIpc) is 2.68. The van der Waals surface area contributed by atoms with Gasteiger partial charge in [-0.2, -0.15) is 0 Å². The van der Waals surface area contributed by atoms with E-state index in [2.05, 4.69) is 6.92 Å². The zero-order chi connectivity index (χ0) is 12.8. The third-order valence-corrected chi connectivity index (χ3v) is 2.58. The topological polar surface area (TPSA) is 99.3 Å². The summed E-state index contributed by atoms with van der Waals surface area (Å²) in [7, 11) is 0. The van der Waals surface area contributed by atoms with Crippen LogP contribution in [0.4, 0.5) is 0 Å². The van der Waals surface area contributed by atoms with E-state index in [0.717, 1.165) is 25.7 Å². The Morgan fingerprint density at radius 2 is 1.88 bits per heavy atom. The van der Waals surface area contributed by atoms with E-state index in [1.54, 1.807) is 0 Å². The second-order valence-electron chi connectivity index (χ2n) is 4.00. The normalized spacial score (nSPS) is 10.4. The van der Waals surface area contributed by atoms with E-state index >= 15 is 0 Å². The van der Waals surface area contributed by atoms with Crippen LogP contribution in [0.5, 0.6) is 0 Å². The molecule has 0 bridgehead atoms. The minimum absolute atomic E-state index is 0.00992. The zero-order valence-electron chi connectivity index (χ0n) is 9.99. The summed E-state index contributed by atoms with van der Waals surface area (Å²) in [5.41, 5.74) is 10.9. The molecule has 94 valence electrons. The standard InChI is InChI=1S/C12H18N2O3/c1-2-3-4-5-6-8-7-9(11(13)15)17-10(8)12(14)16/h7H,2-6H2,1H3,(H2,13,15)(H2,14,16). The molecule has 0 saturated carbocycles. The van der Waals surface area contributed by atoms with Crippen molar-refractivity contribution in [2.75, 3.05) is 0 Å². The van der Waals surface area contributed by atoms with E-state index < -0.39 is 11.8 Å². The monoisotopic (exact) mass is 238 g/mol. The molecule has 0 atom stereocenters. The first-order valence-electron chi connectivity index (χ1n) is 5.78. The molecule has 4 N–H and O–H groups in total. The highest BCUT2D eigenvalue weighted by atomic mass is 16.4. The number of rotatable bonds is 7. The Kier molecular flexibility index (Phi) is 4.75. The maximum Gasteiger partial charge on any atom is 0.284 e. The Morgan fingerprint density at radius 1 is 1.18 bits per heavy atom. The van der Waals surface area contributed by atoms with Crippen LogP contribution in [0, 0.1) is 0 Å².